The van der Waals surface area contributed by atoms with Gasteiger partial charge in [0.25, 0.3) is 0 Å². The van der Waals surface area contributed by atoms with E-state index in [0.717, 1.165) is 39.6 Å². The van der Waals surface area contributed by atoms with Crippen LogP contribution in [0.15, 0.2) is 48.5 Å². The second-order valence-electron chi connectivity index (χ2n) is 6.56. The lowest BCUT2D eigenvalue weighted by Gasteiger charge is -2.16. The van der Waals surface area contributed by atoms with Gasteiger partial charge in [-0.1, -0.05) is 30.3 Å². The summed E-state index contributed by atoms with van der Waals surface area (Å²) in [7, 11) is 1.66. The smallest absolute Gasteiger partial charge is 0.235 e. The summed E-state index contributed by atoms with van der Waals surface area (Å²) in [4.78, 5) is 12.4. The van der Waals surface area contributed by atoms with Gasteiger partial charge in [0, 0.05) is 5.56 Å². The topological polar surface area (TPSA) is 56.1 Å². The first kappa shape index (κ1) is 17.7. The Labute approximate surface area is 162 Å². The van der Waals surface area contributed by atoms with Gasteiger partial charge in [-0.15, -0.1) is 11.8 Å². The van der Waals surface area contributed by atoms with E-state index >= 15 is 0 Å². The maximum atomic E-state index is 12.4. The van der Waals surface area contributed by atoms with Crippen LogP contribution in [0.4, 0.5) is 5.82 Å². The molecule has 5 nitrogen and oxygen atoms in total. The first-order chi connectivity index (χ1) is 13.1. The number of anilines is 1. The molecule has 2 aromatic carbocycles. The van der Waals surface area contributed by atoms with E-state index < -0.39 is 0 Å². The molecular formula is C21H21N3O2S. The Hall–Kier alpha value is -2.73. The molecule has 138 valence electrons. The second-order valence-corrected chi connectivity index (χ2v) is 7.66. The first-order valence-corrected chi connectivity index (χ1v) is 9.84. The molecule has 6 heteroatoms. The predicted octanol–water partition coefficient (Wildman–Crippen LogP) is 4.27. The van der Waals surface area contributed by atoms with Crippen molar-refractivity contribution >= 4 is 23.5 Å². The summed E-state index contributed by atoms with van der Waals surface area (Å²) in [6.45, 7) is 4.05. The third-order valence-corrected chi connectivity index (χ3v) is 6.02. The van der Waals surface area contributed by atoms with Crippen molar-refractivity contribution in [3.8, 4) is 11.4 Å². The molecule has 1 atom stereocenters. The highest BCUT2D eigenvalue weighted by Crippen LogP contribution is 2.44. The Morgan fingerprint density at radius 2 is 2.00 bits per heavy atom. The van der Waals surface area contributed by atoms with Crippen molar-refractivity contribution in [1.82, 2.24) is 9.78 Å². The van der Waals surface area contributed by atoms with Gasteiger partial charge < -0.3 is 10.1 Å². The Kier molecular flexibility index (Phi) is 4.66. The summed E-state index contributed by atoms with van der Waals surface area (Å²) < 4.78 is 7.25. The molecule has 27 heavy (non-hydrogen) atoms. The van der Waals surface area contributed by atoms with Gasteiger partial charge in [-0.3, -0.25) is 4.79 Å². The van der Waals surface area contributed by atoms with E-state index in [9.17, 15) is 4.79 Å². The van der Waals surface area contributed by atoms with Crippen LogP contribution in [0.25, 0.3) is 5.69 Å². The Balaban J connectivity index is 1.90. The van der Waals surface area contributed by atoms with Crippen LogP contribution in [0.1, 0.15) is 27.6 Å². The zero-order valence-corrected chi connectivity index (χ0v) is 16.3. The highest BCUT2D eigenvalue weighted by atomic mass is 32.2. The van der Waals surface area contributed by atoms with Crippen molar-refractivity contribution in [1.29, 1.82) is 0 Å². The van der Waals surface area contributed by atoms with Crippen LogP contribution in [0, 0.1) is 13.8 Å². The number of rotatable bonds is 3. The summed E-state index contributed by atoms with van der Waals surface area (Å²) in [5.41, 5.74) is 5.13. The van der Waals surface area contributed by atoms with Crippen molar-refractivity contribution in [2.45, 2.75) is 19.1 Å². The molecule has 0 saturated heterocycles. The van der Waals surface area contributed by atoms with Gasteiger partial charge in [0.1, 0.15) is 11.6 Å². The summed E-state index contributed by atoms with van der Waals surface area (Å²) in [6, 6.07) is 16.1. The predicted molar refractivity (Wildman–Crippen MR) is 109 cm³/mol. The molecule has 3 aromatic rings. The van der Waals surface area contributed by atoms with Gasteiger partial charge >= 0.3 is 0 Å². The number of nitrogens with zero attached hydrogens (tertiary/aromatic N) is 2. The number of amides is 1. The maximum absolute atomic E-state index is 12.4. The fourth-order valence-electron chi connectivity index (χ4n) is 3.43. The van der Waals surface area contributed by atoms with Crippen molar-refractivity contribution < 1.29 is 9.53 Å². The molecule has 1 amide bonds. The molecule has 0 bridgehead atoms. The van der Waals surface area contributed by atoms with Gasteiger partial charge in [0.05, 0.1) is 29.5 Å². The van der Waals surface area contributed by atoms with Gasteiger partial charge in [-0.05, 0) is 43.2 Å². The molecule has 0 radical (unpaired) electrons. The number of para-hydroxylation sites is 1. The van der Waals surface area contributed by atoms with E-state index in [1.165, 1.54) is 0 Å². The van der Waals surface area contributed by atoms with E-state index in [2.05, 4.69) is 11.4 Å². The number of methoxy groups -OCH3 is 1. The average molecular weight is 379 g/mol. The van der Waals surface area contributed by atoms with Crippen molar-refractivity contribution in [3.63, 3.8) is 0 Å². The zero-order valence-electron chi connectivity index (χ0n) is 15.5. The third-order valence-electron chi connectivity index (χ3n) is 4.75. The van der Waals surface area contributed by atoms with Gasteiger partial charge in [-0.25, -0.2) is 4.68 Å². The van der Waals surface area contributed by atoms with E-state index in [0.29, 0.717) is 5.75 Å². The standard InChI is InChI=1S/C21H21N3O2S/c1-13-7-4-5-10-17(13)24-21-19(14(2)23-24)20(27-12-18(25)22-21)15-8-6-9-16(11-15)26-3/h4-11,20H,12H2,1-3H3,(H,22,25). The van der Waals surface area contributed by atoms with E-state index in [1.807, 2.05) is 61.0 Å². The van der Waals surface area contributed by atoms with E-state index in [4.69, 9.17) is 9.84 Å². The van der Waals surface area contributed by atoms with Crippen LogP contribution >= 0.6 is 11.8 Å². The molecule has 1 N–H and O–H groups in total. The molecule has 1 aliphatic rings. The summed E-state index contributed by atoms with van der Waals surface area (Å²) in [5, 5.41) is 7.86. The van der Waals surface area contributed by atoms with Crippen LogP contribution in [0.2, 0.25) is 0 Å². The minimum absolute atomic E-state index is 0.00631. The minimum Gasteiger partial charge on any atom is -0.497 e. The van der Waals surface area contributed by atoms with Gasteiger partial charge in [0.15, 0.2) is 0 Å². The molecule has 0 fully saturated rings. The van der Waals surface area contributed by atoms with Crippen molar-refractivity contribution in [2.24, 2.45) is 0 Å². The Morgan fingerprint density at radius 3 is 2.78 bits per heavy atom. The monoisotopic (exact) mass is 379 g/mol. The lowest BCUT2D eigenvalue weighted by Crippen LogP contribution is -2.16. The molecule has 1 aromatic heterocycles. The second kappa shape index (κ2) is 7.12. The minimum atomic E-state index is -0.0126. The normalized spacial score (nSPS) is 16.4. The number of thioether (sulfide) groups is 1. The Bertz CT molecular complexity index is 1010. The number of ether oxygens (including phenoxy) is 1. The largest absolute Gasteiger partial charge is 0.497 e. The molecule has 4 rings (SSSR count). The average Bonchev–Trinajstić information content (AvgIpc) is 2.87. The lowest BCUT2D eigenvalue weighted by molar-refractivity contribution is -0.113. The number of benzene rings is 2. The number of nitrogens with one attached hydrogen (secondary N) is 1. The number of carbonyl (C=O) groups excluding carboxylic acids is 1. The summed E-state index contributed by atoms with van der Waals surface area (Å²) in [5.74, 6) is 1.94. The number of aryl methyl sites for hydroxylation is 2. The zero-order chi connectivity index (χ0) is 19.0. The van der Waals surface area contributed by atoms with Crippen LogP contribution in [0.3, 0.4) is 0 Å². The number of carbonyl (C=O) groups is 1. The molecule has 1 unspecified atom stereocenters. The number of aromatic nitrogens is 2. The van der Waals surface area contributed by atoms with E-state index in [-0.39, 0.29) is 11.2 Å². The van der Waals surface area contributed by atoms with Crippen molar-refractivity contribution in [2.75, 3.05) is 18.2 Å². The van der Waals surface area contributed by atoms with Gasteiger partial charge in [-0.2, -0.15) is 5.10 Å². The Morgan fingerprint density at radius 1 is 1.19 bits per heavy atom. The third kappa shape index (κ3) is 3.21. The SMILES string of the molecule is COc1cccc(C2SCC(=O)Nc3c2c(C)nn3-c2ccccc2C)c1. The van der Waals surface area contributed by atoms with Crippen LogP contribution in [-0.4, -0.2) is 28.6 Å². The highest BCUT2D eigenvalue weighted by molar-refractivity contribution is 8.00. The van der Waals surface area contributed by atoms with Crippen LogP contribution in [-0.2, 0) is 4.79 Å². The van der Waals surface area contributed by atoms with Crippen LogP contribution in [0.5, 0.6) is 5.75 Å². The fourth-order valence-corrected chi connectivity index (χ4v) is 4.60. The van der Waals surface area contributed by atoms with Crippen LogP contribution < -0.4 is 10.1 Å². The molecule has 1 aliphatic heterocycles. The first-order valence-electron chi connectivity index (χ1n) is 8.79. The number of hydrogen-bond donors (Lipinski definition) is 1. The van der Waals surface area contributed by atoms with Crippen molar-refractivity contribution in [3.05, 3.63) is 70.9 Å². The summed E-state index contributed by atoms with van der Waals surface area (Å²) >= 11 is 1.61. The number of hydrogen-bond acceptors (Lipinski definition) is 4. The summed E-state index contributed by atoms with van der Waals surface area (Å²) in [6.07, 6.45) is 0. The van der Waals surface area contributed by atoms with Gasteiger partial charge in [0.2, 0.25) is 5.91 Å². The van der Waals surface area contributed by atoms with E-state index in [1.54, 1.807) is 18.9 Å². The fraction of sp³-hybridized carbons (Fsp3) is 0.238. The quantitative estimate of drug-likeness (QED) is 0.738. The molecule has 2 heterocycles. The molecular weight excluding hydrogens is 358 g/mol. The molecule has 0 saturated carbocycles. The maximum Gasteiger partial charge on any atom is 0.235 e. The highest BCUT2D eigenvalue weighted by Gasteiger charge is 2.31. The molecule has 0 aliphatic carbocycles. The number of fused-ring (bicyclic) bond motifs is 1. The molecule has 0 spiro atoms. The lowest BCUT2D eigenvalue weighted by atomic mass is 10.0.